The van der Waals surface area contributed by atoms with E-state index in [1.54, 1.807) is 42.6 Å². The predicted molar refractivity (Wildman–Crippen MR) is 116 cm³/mol. The zero-order valence-electron chi connectivity index (χ0n) is 15.3. The summed E-state index contributed by atoms with van der Waals surface area (Å²) in [6.45, 7) is 0. The van der Waals surface area contributed by atoms with Crippen molar-refractivity contribution in [2.24, 2.45) is 0 Å². The molecule has 2 heterocycles. The highest BCUT2D eigenvalue weighted by molar-refractivity contribution is 7.12. The molecular formula is C23H17N3O2S. The molecule has 6 heteroatoms. The molecule has 0 aliphatic heterocycles. The third-order valence-electron chi connectivity index (χ3n) is 4.30. The highest BCUT2D eigenvalue weighted by atomic mass is 32.1. The smallest absolute Gasteiger partial charge is 0.265 e. The Morgan fingerprint density at radius 1 is 1.00 bits per heavy atom. The molecule has 0 spiro atoms. The number of carbonyl (C=O) groups is 2. The maximum absolute atomic E-state index is 12.6. The van der Waals surface area contributed by atoms with Crippen LogP contribution in [0.5, 0.6) is 0 Å². The minimum absolute atomic E-state index is 0.155. The van der Waals surface area contributed by atoms with Crippen LogP contribution in [0, 0.1) is 0 Å². The van der Waals surface area contributed by atoms with Crippen LogP contribution in [0.15, 0.2) is 84.4 Å². The molecule has 4 rings (SSSR count). The fourth-order valence-corrected chi connectivity index (χ4v) is 3.49. The van der Waals surface area contributed by atoms with Gasteiger partial charge in [0.15, 0.2) is 5.78 Å². The van der Waals surface area contributed by atoms with Gasteiger partial charge in [-0.15, -0.1) is 11.3 Å². The Hall–Kier alpha value is -3.77. The van der Waals surface area contributed by atoms with Gasteiger partial charge in [0.2, 0.25) is 0 Å². The van der Waals surface area contributed by atoms with Crippen molar-refractivity contribution in [1.82, 2.24) is 10.2 Å². The number of carbonyl (C=O) groups excluding carboxylic acids is 2. The van der Waals surface area contributed by atoms with Gasteiger partial charge in [-0.05, 0) is 35.7 Å². The molecule has 1 amide bonds. The van der Waals surface area contributed by atoms with E-state index in [1.165, 1.54) is 17.4 Å². The Balaban J connectivity index is 1.50. The van der Waals surface area contributed by atoms with Crippen LogP contribution < -0.4 is 5.32 Å². The van der Waals surface area contributed by atoms with E-state index in [-0.39, 0.29) is 11.7 Å². The number of nitrogens with one attached hydrogen (secondary N) is 2. The van der Waals surface area contributed by atoms with Gasteiger partial charge >= 0.3 is 0 Å². The van der Waals surface area contributed by atoms with Crippen LogP contribution in [0.1, 0.15) is 25.6 Å². The van der Waals surface area contributed by atoms with Gasteiger partial charge in [-0.3, -0.25) is 14.7 Å². The molecule has 0 radical (unpaired) electrons. The van der Waals surface area contributed by atoms with Gasteiger partial charge < -0.3 is 5.32 Å². The van der Waals surface area contributed by atoms with Gasteiger partial charge in [-0.2, -0.15) is 5.10 Å². The molecule has 2 aromatic heterocycles. The second-order valence-electron chi connectivity index (χ2n) is 6.28. The number of allylic oxidation sites excluding steroid dienone is 1. The summed E-state index contributed by atoms with van der Waals surface area (Å²) >= 11 is 1.37. The van der Waals surface area contributed by atoms with Crippen molar-refractivity contribution in [3.8, 4) is 11.3 Å². The summed E-state index contributed by atoms with van der Waals surface area (Å²) in [4.78, 5) is 25.4. The predicted octanol–water partition coefficient (Wildman–Crippen LogP) is 5.29. The average Bonchev–Trinajstić information content (AvgIpc) is 3.45. The molecule has 0 saturated heterocycles. The molecule has 5 nitrogen and oxygen atoms in total. The Kier molecular flexibility index (Phi) is 5.45. The summed E-state index contributed by atoms with van der Waals surface area (Å²) in [6, 6.07) is 20.3. The maximum atomic E-state index is 12.6. The number of aromatic amines is 1. The lowest BCUT2D eigenvalue weighted by molar-refractivity contribution is 0.102. The first-order valence-corrected chi connectivity index (χ1v) is 9.85. The minimum atomic E-state index is -0.189. The number of anilines is 1. The normalized spacial score (nSPS) is 10.9. The highest BCUT2D eigenvalue weighted by Crippen LogP contribution is 2.22. The van der Waals surface area contributed by atoms with E-state index < -0.39 is 0 Å². The fourth-order valence-electron chi connectivity index (χ4n) is 2.87. The summed E-state index contributed by atoms with van der Waals surface area (Å²) in [5, 5.41) is 11.7. The lowest BCUT2D eigenvalue weighted by Gasteiger charge is -2.05. The Morgan fingerprint density at radius 2 is 1.86 bits per heavy atom. The van der Waals surface area contributed by atoms with Crippen molar-refractivity contribution in [3.63, 3.8) is 0 Å². The lowest BCUT2D eigenvalue weighted by atomic mass is 10.1. The lowest BCUT2D eigenvalue weighted by Crippen LogP contribution is -2.10. The summed E-state index contributed by atoms with van der Waals surface area (Å²) in [7, 11) is 0. The number of aromatic nitrogens is 2. The summed E-state index contributed by atoms with van der Waals surface area (Å²) < 4.78 is 0. The largest absolute Gasteiger partial charge is 0.321 e. The quantitative estimate of drug-likeness (QED) is 0.342. The number of benzene rings is 2. The number of H-pyrrole nitrogens is 1. The van der Waals surface area contributed by atoms with Crippen LogP contribution in [0.2, 0.25) is 0 Å². The van der Waals surface area contributed by atoms with Crippen molar-refractivity contribution in [2.75, 3.05) is 5.32 Å². The molecule has 2 aromatic carbocycles. The van der Waals surface area contributed by atoms with Gasteiger partial charge in [-0.25, -0.2) is 0 Å². The van der Waals surface area contributed by atoms with E-state index in [0.717, 1.165) is 16.8 Å². The zero-order valence-corrected chi connectivity index (χ0v) is 16.1. The number of nitrogens with zero attached hydrogens (tertiary/aromatic N) is 1. The average molecular weight is 399 g/mol. The molecule has 0 fully saturated rings. The van der Waals surface area contributed by atoms with Crippen LogP contribution in [0.25, 0.3) is 17.3 Å². The fraction of sp³-hybridized carbons (Fsp3) is 0. The number of thiophene rings is 1. The number of rotatable bonds is 6. The van der Waals surface area contributed by atoms with Crippen LogP contribution in [0.3, 0.4) is 0 Å². The van der Waals surface area contributed by atoms with Gasteiger partial charge in [0.05, 0.1) is 16.8 Å². The summed E-state index contributed by atoms with van der Waals surface area (Å²) in [5.41, 5.74) is 3.75. The molecule has 0 atom stereocenters. The van der Waals surface area contributed by atoms with Crippen molar-refractivity contribution < 1.29 is 9.59 Å². The minimum Gasteiger partial charge on any atom is -0.321 e. The molecule has 0 aliphatic carbocycles. The molecule has 0 aliphatic rings. The van der Waals surface area contributed by atoms with E-state index in [9.17, 15) is 9.59 Å². The third-order valence-corrected chi connectivity index (χ3v) is 5.16. The molecule has 0 bridgehead atoms. The first-order chi connectivity index (χ1) is 14.2. The van der Waals surface area contributed by atoms with Crippen molar-refractivity contribution in [1.29, 1.82) is 0 Å². The van der Waals surface area contributed by atoms with E-state index in [1.807, 2.05) is 41.8 Å². The Bertz CT molecular complexity index is 1160. The standard InChI is InChI=1S/C23H17N3O2S/c27-20(12-11-18-15-24-26-22(18)16-6-2-1-3-7-16)17-8-4-9-19(14-17)25-23(28)21-10-5-13-29-21/h1-15H,(H,24,26)(H,25,28)/b12-11+. The van der Waals surface area contributed by atoms with E-state index in [4.69, 9.17) is 0 Å². The number of amides is 1. The van der Waals surface area contributed by atoms with Gasteiger partial charge in [0.1, 0.15) is 0 Å². The second kappa shape index (κ2) is 8.50. The first kappa shape index (κ1) is 18.6. The number of hydrogen-bond donors (Lipinski definition) is 2. The molecule has 4 aromatic rings. The first-order valence-electron chi connectivity index (χ1n) is 8.97. The molecule has 0 unspecified atom stereocenters. The SMILES string of the molecule is O=C(/C=C/c1cn[nH]c1-c1ccccc1)c1cccc(NC(=O)c2cccs2)c1. The van der Waals surface area contributed by atoms with Gasteiger partial charge in [0, 0.05) is 22.4 Å². The Morgan fingerprint density at radius 3 is 2.66 bits per heavy atom. The van der Waals surface area contributed by atoms with E-state index in [0.29, 0.717) is 16.1 Å². The Labute approximate surface area is 171 Å². The summed E-state index contributed by atoms with van der Waals surface area (Å²) in [5.74, 6) is -0.344. The topological polar surface area (TPSA) is 74.8 Å². The van der Waals surface area contributed by atoms with Crippen LogP contribution in [0.4, 0.5) is 5.69 Å². The zero-order chi connectivity index (χ0) is 20.1. The second-order valence-corrected chi connectivity index (χ2v) is 7.22. The third kappa shape index (κ3) is 4.39. The van der Waals surface area contributed by atoms with Crippen molar-refractivity contribution >= 4 is 34.8 Å². The maximum Gasteiger partial charge on any atom is 0.265 e. The van der Waals surface area contributed by atoms with Gasteiger partial charge in [0.25, 0.3) is 5.91 Å². The molecule has 142 valence electrons. The summed E-state index contributed by atoms with van der Waals surface area (Å²) in [6.07, 6.45) is 4.94. The van der Waals surface area contributed by atoms with Crippen LogP contribution >= 0.6 is 11.3 Å². The number of ketones is 1. The number of hydrogen-bond acceptors (Lipinski definition) is 4. The van der Waals surface area contributed by atoms with E-state index >= 15 is 0 Å². The van der Waals surface area contributed by atoms with Gasteiger partial charge in [-0.1, -0.05) is 48.5 Å². The van der Waals surface area contributed by atoms with E-state index in [2.05, 4.69) is 15.5 Å². The molecule has 29 heavy (non-hydrogen) atoms. The molecule has 2 N–H and O–H groups in total. The monoisotopic (exact) mass is 399 g/mol. The molecular weight excluding hydrogens is 382 g/mol. The highest BCUT2D eigenvalue weighted by Gasteiger charge is 2.09. The van der Waals surface area contributed by atoms with Crippen LogP contribution in [-0.2, 0) is 0 Å². The van der Waals surface area contributed by atoms with Crippen LogP contribution in [-0.4, -0.2) is 21.9 Å². The van der Waals surface area contributed by atoms with Crippen molar-refractivity contribution in [2.45, 2.75) is 0 Å². The molecule has 0 saturated carbocycles. The van der Waals surface area contributed by atoms with Crippen molar-refractivity contribution in [3.05, 3.63) is 100 Å².